The maximum absolute atomic E-state index is 10.5. The van der Waals surface area contributed by atoms with Gasteiger partial charge in [-0.15, -0.1) is 0 Å². The third kappa shape index (κ3) is 2.34. The van der Waals surface area contributed by atoms with E-state index in [-0.39, 0.29) is 23.5 Å². The second-order valence-electron chi connectivity index (χ2n) is 6.86. The Kier molecular flexibility index (Phi) is 3.76. The van der Waals surface area contributed by atoms with E-state index in [0.717, 1.165) is 29.7 Å². The molecule has 0 spiro atoms. The molecule has 0 amide bonds. The molecule has 132 valence electrons. The monoisotopic (exact) mass is 341 g/mol. The Labute approximate surface area is 147 Å². The molecule has 2 heterocycles. The second-order valence-corrected chi connectivity index (χ2v) is 6.86. The van der Waals surface area contributed by atoms with Crippen LogP contribution < -0.4 is 9.47 Å². The molecule has 0 fully saturated rings. The minimum atomic E-state index is 0.179. The summed E-state index contributed by atoms with van der Waals surface area (Å²) in [6, 6.07) is 7.86. The van der Waals surface area contributed by atoms with Gasteiger partial charge in [0.25, 0.3) is 0 Å². The van der Waals surface area contributed by atoms with Crippen LogP contribution in [-0.2, 0) is 13.0 Å². The molecule has 5 heteroatoms. The average molecular weight is 341 g/mol. The number of hydrogen-bond acceptors (Lipinski definition) is 5. The molecule has 25 heavy (non-hydrogen) atoms. The lowest BCUT2D eigenvalue weighted by Crippen LogP contribution is -2.41. The molecule has 0 saturated heterocycles. The van der Waals surface area contributed by atoms with E-state index in [0.29, 0.717) is 18.0 Å². The van der Waals surface area contributed by atoms with Crippen molar-refractivity contribution in [3.63, 3.8) is 0 Å². The summed E-state index contributed by atoms with van der Waals surface area (Å²) in [4.78, 5) is 2.38. The van der Waals surface area contributed by atoms with Crippen LogP contribution in [0.2, 0.25) is 0 Å². The van der Waals surface area contributed by atoms with Crippen molar-refractivity contribution >= 4 is 0 Å². The predicted octanol–water partition coefficient (Wildman–Crippen LogP) is 3.33. The minimum absolute atomic E-state index is 0.179. The molecule has 0 aliphatic carbocycles. The smallest absolute Gasteiger partial charge is 0.162 e. The summed E-state index contributed by atoms with van der Waals surface area (Å²) in [7, 11) is 3.15. The molecule has 2 aliphatic heterocycles. The van der Waals surface area contributed by atoms with Gasteiger partial charge >= 0.3 is 0 Å². The SMILES string of the molecule is COc1cc2c(cc1O)[C@H]1[C@@H](C)c3ccc(OC)c(O)c3CN1CC2. The summed E-state index contributed by atoms with van der Waals surface area (Å²) in [5.41, 5.74) is 4.47. The molecule has 2 aliphatic rings. The molecule has 0 aromatic heterocycles. The van der Waals surface area contributed by atoms with Crippen molar-refractivity contribution in [2.45, 2.75) is 31.8 Å². The Bertz CT molecular complexity index is 833. The summed E-state index contributed by atoms with van der Waals surface area (Å²) in [5, 5.41) is 20.8. The van der Waals surface area contributed by atoms with Gasteiger partial charge in [0.05, 0.1) is 14.2 Å². The average Bonchev–Trinajstić information content (AvgIpc) is 2.62. The van der Waals surface area contributed by atoms with Gasteiger partial charge in [0.1, 0.15) is 0 Å². The molecular formula is C20H23NO4. The number of fused-ring (bicyclic) bond motifs is 4. The van der Waals surface area contributed by atoms with Crippen LogP contribution in [-0.4, -0.2) is 35.9 Å². The van der Waals surface area contributed by atoms with Crippen molar-refractivity contribution in [3.05, 3.63) is 46.5 Å². The van der Waals surface area contributed by atoms with Crippen molar-refractivity contribution in [2.24, 2.45) is 0 Å². The summed E-state index contributed by atoms with van der Waals surface area (Å²) in [6.45, 7) is 3.77. The number of aromatic hydroxyl groups is 2. The van der Waals surface area contributed by atoms with Gasteiger partial charge in [-0.1, -0.05) is 13.0 Å². The third-order valence-corrected chi connectivity index (χ3v) is 5.65. The molecule has 2 N–H and O–H groups in total. The van der Waals surface area contributed by atoms with Crippen LogP contribution >= 0.6 is 0 Å². The van der Waals surface area contributed by atoms with E-state index in [1.165, 1.54) is 5.56 Å². The van der Waals surface area contributed by atoms with Crippen LogP contribution in [0.1, 0.15) is 41.1 Å². The van der Waals surface area contributed by atoms with Gasteiger partial charge in [0.2, 0.25) is 0 Å². The highest BCUT2D eigenvalue weighted by molar-refractivity contribution is 5.55. The van der Waals surface area contributed by atoms with Crippen LogP contribution in [0, 0.1) is 0 Å². The number of phenols is 2. The van der Waals surface area contributed by atoms with Gasteiger partial charge in [-0.05, 0) is 41.3 Å². The van der Waals surface area contributed by atoms with E-state index < -0.39 is 0 Å². The number of hydrogen-bond donors (Lipinski definition) is 2. The maximum atomic E-state index is 10.5. The van der Waals surface area contributed by atoms with Gasteiger partial charge in [0, 0.05) is 30.6 Å². The standard InChI is InChI=1S/C20H23NO4/c1-11-13-4-5-17(24-2)20(23)15(13)10-21-7-6-12-8-18(25-3)16(22)9-14(12)19(11)21/h4-5,8-9,11,19,22-23H,6-7,10H2,1-3H3/t11-,19+/m0/s1. The Morgan fingerprint density at radius 1 is 1.04 bits per heavy atom. The molecule has 4 rings (SSSR count). The highest BCUT2D eigenvalue weighted by Crippen LogP contribution is 2.50. The molecule has 2 aromatic carbocycles. The lowest BCUT2D eigenvalue weighted by molar-refractivity contribution is 0.136. The summed E-state index contributed by atoms with van der Waals surface area (Å²) in [6.07, 6.45) is 0.898. The van der Waals surface area contributed by atoms with Crippen LogP contribution in [0.3, 0.4) is 0 Å². The molecular weight excluding hydrogens is 318 g/mol. The lowest BCUT2D eigenvalue weighted by Gasteiger charge is -2.45. The first-order valence-corrected chi connectivity index (χ1v) is 8.57. The van der Waals surface area contributed by atoms with Crippen LogP contribution in [0.4, 0.5) is 0 Å². The number of phenolic OH excluding ortho intramolecular Hbond substituents is 2. The van der Waals surface area contributed by atoms with E-state index >= 15 is 0 Å². The second kappa shape index (κ2) is 5.85. The fraction of sp³-hybridized carbons (Fsp3) is 0.400. The number of benzene rings is 2. The van der Waals surface area contributed by atoms with Crippen molar-refractivity contribution in [3.8, 4) is 23.0 Å². The van der Waals surface area contributed by atoms with E-state index in [4.69, 9.17) is 9.47 Å². The number of methoxy groups -OCH3 is 2. The van der Waals surface area contributed by atoms with E-state index in [1.54, 1.807) is 14.2 Å². The Balaban J connectivity index is 1.82. The van der Waals surface area contributed by atoms with Crippen LogP contribution in [0.25, 0.3) is 0 Å². The summed E-state index contributed by atoms with van der Waals surface area (Å²) >= 11 is 0. The summed E-state index contributed by atoms with van der Waals surface area (Å²) in [5.74, 6) is 1.67. The molecule has 0 radical (unpaired) electrons. The lowest BCUT2D eigenvalue weighted by atomic mass is 9.77. The van der Waals surface area contributed by atoms with E-state index in [9.17, 15) is 10.2 Å². The molecule has 0 unspecified atom stereocenters. The first-order chi connectivity index (χ1) is 12.0. The largest absolute Gasteiger partial charge is 0.504 e. The number of nitrogens with zero attached hydrogens (tertiary/aromatic N) is 1. The molecule has 2 atom stereocenters. The molecule has 2 aromatic rings. The predicted molar refractivity (Wildman–Crippen MR) is 94.6 cm³/mol. The zero-order chi connectivity index (χ0) is 17.7. The van der Waals surface area contributed by atoms with Crippen LogP contribution in [0.5, 0.6) is 23.0 Å². The minimum Gasteiger partial charge on any atom is -0.504 e. The maximum Gasteiger partial charge on any atom is 0.162 e. The van der Waals surface area contributed by atoms with Gasteiger partial charge in [-0.2, -0.15) is 0 Å². The van der Waals surface area contributed by atoms with Crippen molar-refractivity contribution in [1.29, 1.82) is 0 Å². The molecule has 0 saturated carbocycles. The van der Waals surface area contributed by atoms with E-state index in [2.05, 4.69) is 11.8 Å². The third-order valence-electron chi connectivity index (χ3n) is 5.65. The Morgan fingerprint density at radius 3 is 2.52 bits per heavy atom. The quantitative estimate of drug-likeness (QED) is 0.877. The van der Waals surface area contributed by atoms with Crippen molar-refractivity contribution in [1.82, 2.24) is 4.90 Å². The zero-order valence-corrected chi connectivity index (χ0v) is 14.7. The highest BCUT2D eigenvalue weighted by Gasteiger charge is 2.39. The summed E-state index contributed by atoms with van der Waals surface area (Å²) < 4.78 is 10.5. The Morgan fingerprint density at radius 2 is 1.80 bits per heavy atom. The molecule has 5 nitrogen and oxygen atoms in total. The zero-order valence-electron chi connectivity index (χ0n) is 14.7. The fourth-order valence-corrected chi connectivity index (χ4v) is 4.41. The van der Waals surface area contributed by atoms with Crippen LogP contribution in [0.15, 0.2) is 24.3 Å². The molecule has 0 bridgehead atoms. The van der Waals surface area contributed by atoms with E-state index in [1.807, 2.05) is 24.3 Å². The highest BCUT2D eigenvalue weighted by atomic mass is 16.5. The Hall–Kier alpha value is -2.40. The number of ether oxygens (including phenoxy) is 2. The van der Waals surface area contributed by atoms with Gasteiger partial charge < -0.3 is 19.7 Å². The van der Waals surface area contributed by atoms with Gasteiger partial charge in [0.15, 0.2) is 23.0 Å². The normalized spacial score (nSPS) is 21.9. The van der Waals surface area contributed by atoms with Crippen molar-refractivity contribution < 1.29 is 19.7 Å². The number of rotatable bonds is 2. The van der Waals surface area contributed by atoms with Gasteiger partial charge in [-0.3, -0.25) is 4.90 Å². The first-order valence-electron chi connectivity index (χ1n) is 8.57. The fourth-order valence-electron chi connectivity index (χ4n) is 4.41. The first kappa shape index (κ1) is 16.1. The topological polar surface area (TPSA) is 62.2 Å². The van der Waals surface area contributed by atoms with Crippen molar-refractivity contribution in [2.75, 3.05) is 20.8 Å². The van der Waals surface area contributed by atoms with Gasteiger partial charge in [-0.25, -0.2) is 0 Å².